The predicted molar refractivity (Wildman–Crippen MR) is 140 cm³/mol. The molecule has 4 aromatic heterocycles. The van der Waals surface area contributed by atoms with Crippen molar-refractivity contribution in [2.75, 3.05) is 0 Å². The van der Waals surface area contributed by atoms with Crippen molar-refractivity contribution in [3.05, 3.63) is 108 Å². The quantitative estimate of drug-likeness (QED) is 0.243. The Labute approximate surface area is 200 Å². The molecule has 4 heteroatoms. The third-order valence-corrected chi connectivity index (χ3v) is 7.99. The number of fused-ring (bicyclic) bond motifs is 15. The number of hydrogen-bond acceptors (Lipinski definition) is 3. The van der Waals surface area contributed by atoms with E-state index in [1.807, 2.05) is 30.9 Å². The van der Waals surface area contributed by atoms with Crippen LogP contribution in [0.1, 0.15) is 22.3 Å². The van der Waals surface area contributed by atoms with Crippen LogP contribution in [0, 0.1) is 0 Å². The van der Waals surface area contributed by atoms with E-state index in [2.05, 4.69) is 69.0 Å². The molecule has 0 unspecified atom stereocenters. The smallest absolute Gasteiger partial charge is 0.146 e. The Morgan fingerprint density at radius 2 is 1.46 bits per heavy atom. The zero-order valence-electron chi connectivity index (χ0n) is 18.8. The van der Waals surface area contributed by atoms with Gasteiger partial charge in [0.05, 0.1) is 22.7 Å². The van der Waals surface area contributed by atoms with Gasteiger partial charge in [-0.1, -0.05) is 30.3 Å². The molecule has 3 aromatic carbocycles. The second-order valence-electron chi connectivity index (χ2n) is 9.72. The second-order valence-corrected chi connectivity index (χ2v) is 9.72. The van der Waals surface area contributed by atoms with Crippen molar-refractivity contribution in [3.63, 3.8) is 0 Å². The molecule has 162 valence electrons. The first-order valence-electron chi connectivity index (χ1n) is 12.0. The van der Waals surface area contributed by atoms with E-state index in [4.69, 9.17) is 4.98 Å². The summed E-state index contributed by atoms with van der Waals surface area (Å²) in [6.07, 6.45) is 9.55. The van der Waals surface area contributed by atoms with Gasteiger partial charge in [0, 0.05) is 34.7 Å². The summed E-state index contributed by atoms with van der Waals surface area (Å²) in [5.74, 6) is 0. The Hall–Kier alpha value is -4.57. The van der Waals surface area contributed by atoms with Crippen molar-refractivity contribution in [2.24, 2.45) is 0 Å². The van der Waals surface area contributed by atoms with Crippen LogP contribution in [0.5, 0.6) is 0 Å². The first-order valence-corrected chi connectivity index (χ1v) is 12.0. The minimum Gasteiger partial charge on any atom is -0.290 e. The molecule has 0 bridgehead atoms. The van der Waals surface area contributed by atoms with E-state index >= 15 is 0 Å². The Morgan fingerprint density at radius 3 is 2.43 bits per heavy atom. The van der Waals surface area contributed by atoms with E-state index in [0.717, 1.165) is 35.0 Å². The van der Waals surface area contributed by atoms with Gasteiger partial charge in [-0.05, 0) is 87.7 Å². The fourth-order valence-electron chi connectivity index (χ4n) is 6.52. The molecule has 2 aliphatic rings. The largest absolute Gasteiger partial charge is 0.290 e. The second kappa shape index (κ2) is 6.10. The van der Waals surface area contributed by atoms with Gasteiger partial charge < -0.3 is 0 Å². The molecule has 2 aliphatic carbocycles. The maximum Gasteiger partial charge on any atom is 0.146 e. The van der Waals surface area contributed by atoms with Crippen molar-refractivity contribution < 1.29 is 0 Å². The lowest BCUT2D eigenvalue weighted by atomic mass is 9.96. The molecule has 7 aromatic rings. The number of aromatic nitrogens is 4. The van der Waals surface area contributed by atoms with E-state index in [-0.39, 0.29) is 0 Å². The average Bonchev–Trinajstić information content (AvgIpc) is 3.58. The maximum absolute atomic E-state index is 5.05. The summed E-state index contributed by atoms with van der Waals surface area (Å²) in [5.41, 5.74) is 15.3. The molecule has 0 atom stereocenters. The van der Waals surface area contributed by atoms with E-state index < -0.39 is 0 Å². The minimum absolute atomic E-state index is 0.930. The van der Waals surface area contributed by atoms with Gasteiger partial charge in [-0.25, -0.2) is 4.98 Å². The Balaban J connectivity index is 1.38. The van der Waals surface area contributed by atoms with Crippen molar-refractivity contribution in [2.45, 2.75) is 12.8 Å². The first-order chi connectivity index (χ1) is 17.3. The number of benzene rings is 3. The molecule has 0 saturated carbocycles. The summed E-state index contributed by atoms with van der Waals surface area (Å²) >= 11 is 0. The molecule has 4 nitrogen and oxygen atoms in total. The fourth-order valence-corrected chi connectivity index (χ4v) is 6.52. The van der Waals surface area contributed by atoms with Crippen LogP contribution < -0.4 is 0 Å². The van der Waals surface area contributed by atoms with Gasteiger partial charge >= 0.3 is 0 Å². The highest BCUT2D eigenvalue weighted by atomic mass is 15.0. The third kappa shape index (κ3) is 2.15. The third-order valence-electron chi connectivity index (χ3n) is 7.99. The van der Waals surface area contributed by atoms with Gasteiger partial charge in [-0.3, -0.25) is 14.4 Å². The molecular weight excluding hydrogens is 428 g/mol. The van der Waals surface area contributed by atoms with Gasteiger partial charge in [-0.15, -0.1) is 0 Å². The van der Waals surface area contributed by atoms with Crippen LogP contribution in [0.3, 0.4) is 0 Å². The lowest BCUT2D eigenvalue weighted by molar-refractivity contribution is 1.24. The topological polar surface area (TPSA) is 43.1 Å². The standard InChI is InChI=1S/C31H18N4/c1-2-4-20-17(3-1)11-18-12-24-19(13-23(18)20)14-25-21(24)5-6-22-30(25)26-15-32-10-8-28(26)35-29-16-33-9-7-27(29)34-31(22)35/h1-10,12-13,15-16H,11,14H2. The minimum atomic E-state index is 0.930. The van der Waals surface area contributed by atoms with Gasteiger partial charge in [-0.2, -0.15) is 0 Å². The van der Waals surface area contributed by atoms with Crippen LogP contribution in [0.25, 0.3) is 60.6 Å². The van der Waals surface area contributed by atoms with Gasteiger partial charge in [0.25, 0.3) is 0 Å². The fraction of sp³-hybridized carbons (Fsp3) is 0.0645. The molecule has 0 radical (unpaired) electrons. The summed E-state index contributed by atoms with van der Waals surface area (Å²) in [4.78, 5) is 14.0. The van der Waals surface area contributed by atoms with Crippen LogP contribution in [-0.2, 0) is 12.8 Å². The summed E-state index contributed by atoms with van der Waals surface area (Å²) in [5, 5.41) is 3.62. The number of rotatable bonds is 0. The predicted octanol–water partition coefficient (Wildman–Crippen LogP) is 6.73. The molecule has 9 rings (SSSR count). The van der Waals surface area contributed by atoms with E-state index in [1.165, 1.54) is 60.7 Å². The molecule has 0 spiro atoms. The average molecular weight is 447 g/mol. The molecule has 4 heterocycles. The zero-order valence-corrected chi connectivity index (χ0v) is 18.8. The molecule has 0 N–H and O–H groups in total. The molecule has 0 fully saturated rings. The van der Waals surface area contributed by atoms with E-state index in [9.17, 15) is 0 Å². The monoisotopic (exact) mass is 446 g/mol. The highest BCUT2D eigenvalue weighted by molar-refractivity contribution is 6.17. The van der Waals surface area contributed by atoms with Crippen LogP contribution in [0.2, 0.25) is 0 Å². The molecule has 0 amide bonds. The molecular formula is C31H18N4. The van der Waals surface area contributed by atoms with Crippen LogP contribution >= 0.6 is 0 Å². The lowest BCUT2D eigenvalue weighted by Crippen LogP contribution is -1.95. The summed E-state index contributed by atoms with van der Waals surface area (Å²) in [6.45, 7) is 0. The van der Waals surface area contributed by atoms with Gasteiger partial charge in [0.2, 0.25) is 0 Å². The summed E-state index contributed by atoms with van der Waals surface area (Å²) in [7, 11) is 0. The Kier molecular flexibility index (Phi) is 3.11. The Bertz CT molecular complexity index is 2070. The normalized spacial score (nSPS) is 13.5. The van der Waals surface area contributed by atoms with Crippen molar-refractivity contribution in [1.29, 1.82) is 0 Å². The van der Waals surface area contributed by atoms with Crippen LogP contribution in [0.15, 0.2) is 85.5 Å². The molecule has 0 saturated heterocycles. The maximum atomic E-state index is 5.05. The summed E-state index contributed by atoms with van der Waals surface area (Å²) < 4.78 is 2.24. The van der Waals surface area contributed by atoms with Crippen molar-refractivity contribution in [1.82, 2.24) is 19.4 Å². The van der Waals surface area contributed by atoms with Crippen molar-refractivity contribution in [3.8, 4) is 22.3 Å². The number of pyridine rings is 3. The number of hydrogen-bond donors (Lipinski definition) is 0. The van der Waals surface area contributed by atoms with Crippen molar-refractivity contribution >= 4 is 38.4 Å². The first kappa shape index (κ1) is 17.8. The van der Waals surface area contributed by atoms with Gasteiger partial charge in [0.1, 0.15) is 5.65 Å². The lowest BCUT2D eigenvalue weighted by Gasteiger charge is -2.12. The highest BCUT2D eigenvalue weighted by Crippen LogP contribution is 2.47. The number of nitrogens with zero attached hydrogens (tertiary/aromatic N) is 4. The molecule has 35 heavy (non-hydrogen) atoms. The van der Waals surface area contributed by atoms with Crippen LogP contribution in [0.4, 0.5) is 0 Å². The zero-order chi connectivity index (χ0) is 22.7. The van der Waals surface area contributed by atoms with E-state index in [0.29, 0.717) is 0 Å². The molecule has 0 aliphatic heterocycles. The summed E-state index contributed by atoms with van der Waals surface area (Å²) in [6, 6.07) is 22.4. The Morgan fingerprint density at radius 1 is 0.629 bits per heavy atom. The van der Waals surface area contributed by atoms with E-state index in [1.54, 1.807) is 0 Å². The highest BCUT2D eigenvalue weighted by Gasteiger charge is 2.27. The van der Waals surface area contributed by atoms with Crippen LogP contribution in [-0.4, -0.2) is 19.4 Å². The number of imidazole rings is 1. The van der Waals surface area contributed by atoms with Gasteiger partial charge in [0.15, 0.2) is 0 Å². The SMILES string of the molecule is c1ccc2c(c1)Cc1cc3c(cc1-2)Cc1c-3ccc2c1c1cnccc1n1c3cnccc3nc21.